The van der Waals surface area contributed by atoms with E-state index in [4.69, 9.17) is 0 Å². The zero-order valence-electron chi connectivity index (χ0n) is 12.2. The van der Waals surface area contributed by atoms with Crippen LogP contribution in [0, 0.1) is 13.8 Å². The summed E-state index contributed by atoms with van der Waals surface area (Å²) in [7, 11) is 0. The zero-order valence-corrected chi connectivity index (χ0v) is 12.2. The minimum Gasteiger partial charge on any atom is -0.508 e. The molecule has 1 fully saturated rings. The van der Waals surface area contributed by atoms with E-state index in [0.717, 1.165) is 28.2 Å². The molecule has 0 spiro atoms. The Balaban J connectivity index is 2.13. The summed E-state index contributed by atoms with van der Waals surface area (Å²) in [5, 5.41) is 9.58. The SMILES string of the molecule is Cc1cc(O)ccc1-c1c(C)ncnc1N1CC[C@H](F)C1. The van der Waals surface area contributed by atoms with Gasteiger partial charge in [-0.3, -0.25) is 0 Å². The number of halogens is 1. The Labute approximate surface area is 123 Å². The second-order valence-corrected chi connectivity index (χ2v) is 5.49. The summed E-state index contributed by atoms with van der Waals surface area (Å²) in [5.41, 5.74) is 3.70. The van der Waals surface area contributed by atoms with Crippen LogP contribution in [-0.4, -0.2) is 34.3 Å². The molecule has 1 saturated heterocycles. The van der Waals surface area contributed by atoms with Gasteiger partial charge in [0.2, 0.25) is 0 Å². The molecule has 21 heavy (non-hydrogen) atoms. The standard InChI is InChI=1S/C16H18FN3O/c1-10-7-13(21)3-4-14(10)15-11(2)18-9-19-16(15)20-6-5-12(17)8-20/h3-4,7,9,12,21H,5-6,8H2,1-2H3/t12-/m0/s1. The Morgan fingerprint density at radius 3 is 2.76 bits per heavy atom. The maximum absolute atomic E-state index is 13.5. The van der Waals surface area contributed by atoms with Crippen LogP contribution in [0.15, 0.2) is 24.5 Å². The first-order valence-corrected chi connectivity index (χ1v) is 7.07. The van der Waals surface area contributed by atoms with Crippen molar-refractivity contribution in [2.45, 2.75) is 26.4 Å². The van der Waals surface area contributed by atoms with Crippen LogP contribution in [0.25, 0.3) is 11.1 Å². The molecule has 0 bridgehead atoms. The highest BCUT2D eigenvalue weighted by Gasteiger charge is 2.26. The van der Waals surface area contributed by atoms with Gasteiger partial charge in [0, 0.05) is 12.1 Å². The van der Waals surface area contributed by atoms with Crippen LogP contribution in [0.2, 0.25) is 0 Å². The quantitative estimate of drug-likeness (QED) is 0.922. The molecule has 5 heteroatoms. The third-order valence-electron chi connectivity index (χ3n) is 3.93. The Bertz CT molecular complexity index is 675. The van der Waals surface area contributed by atoms with Crippen LogP contribution >= 0.6 is 0 Å². The first-order chi connectivity index (χ1) is 10.1. The molecule has 110 valence electrons. The minimum absolute atomic E-state index is 0.234. The highest BCUT2D eigenvalue weighted by atomic mass is 19.1. The number of nitrogens with zero attached hydrogens (tertiary/aromatic N) is 3. The van der Waals surface area contributed by atoms with Gasteiger partial charge in [0.25, 0.3) is 0 Å². The fourth-order valence-corrected chi connectivity index (χ4v) is 2.85. The molecule has 1 N–H and O–H groups in total. The van der Waals surface area contributed by atoms with Crippen molar-refractivity contribution in [1.29, 1.82) is 0 Å². The number of alkyl halides is 1. The van der Waals surface area contributed by atoms with Crippen molar-refractivity contribution in [1.82, 2.24) is 9.97 Å². The number of benzene rings is 1. The summed E-state index contributed by atoms with van der Waals surface area (Å²) in [5.74, 6) is 1.01. The predicted octanol–water partition coefficient (Wildman–Crippen LogP) is 3.01. The van der Waals surface area contributed by atoms with Crippen molar-refractivity contribution < 1.29 is 9.50 Å². The molecule has 2 heterocycles. The summed E-state index contributed by atoms with van der Waals surface area (Å²) < 4.78 is 13.5. The third kappa shape index (κ3) is 2.55. The summed E-state index contributed by atoms with van der Waals surface area (Å²) in [6.45, 7) is 4.91. The number of hydrogen-bond acceptors (Lipinski definition) is 4. The van der Waals surface area contributed by atoms with E-state index in [1.165, 1.54) is 6.33 Å². The topological polar surface area (TPSA) is 49.3 Å². The number of phenolic OH excluding ortho intramolecular Hbond substituents is 1. The van der Waals surface area contributed by atoms with E-state index < -0.39 is 6.17 Å². The van der Waals surface area contributed by atoms with Crippen molar-refractivity contribution in [2.24, 2.45) is 0 Å². The number of aromatic nitrogens is 2. The van der Waals surface area contributed by atoms with Crippen molar-refractivity contribution in [3.8, 4) is 16.9 Å². The second kappa shape index (κ2) is 5.31. The van der Waals surface area contributed by atoms with Gasteiger partial charge in [-0.25, -0.2) is 14.4 Å². The van der Waals surface area contributed by atoms with E-state index in [9.17, 15) is 9.50 Å². The van der Waals surface area contributed by atoms with Gasteiger partial charge in [-0.1, -0.05) is 6.07 Å². The molecule has 0 saturated carbocycles. The molecule has 1 aromatic heterocycles. The van der Waals surface area contributed by atoms with Crippen LogP contribution in [0.3, 0.4) is 0 Å². The lowest BCUT2D eigenvalue weighted by Gasteiger charge is -2.21. The molecule has 3 rings (SSSR count). The van der Waals surface area contributed by atoms with Crippen molar-refractivity contribution in [3.05, 3.63) is 35.8 Å². The molecule has 1 aliphatic rings. The fraction of sp³-hybridized carbons (Fsp3) is 0.375. The van der Waals surface area contributed by atoms with Gasteiger partial charge >= 0.3 is 0 Å². The van der Waals surface area contributed by atoms with Gasteiger partial charge < -0.3 is 10.0 Å². The maximum Gasteiger partial charge on any atom is 0.140 e. The van der Waals surface area contributed by atoms with E-state index in [-0.39, 0.29) is 5.75 Å². The van der Waals surface area contributed by atoms with Gasteiger partial charge in [0.1, 0.15) is 24.1 Å². The van der Waals surface area contributed by atoms with Gasteiger partial charge in [-0.15, -0.1) is 0 Å². The molecule has 0 aliphatic carbocycles. The molecule has 4 nitrogen and oxygen atoms in total. The van der Waals surface area contributed by atoms with Crippen molar-refractivity contribution in [3.63, 3.8) is 0 Å². The number of aryl methyl sites for hydroxylation is 2. The highest BCUT2D eigenvalue weighted by Crippen LogP contribution is 2.36. The van der Waals surface area contributed by atoms with E-state index in [2.05, 4.69) is 9.97 Å². The van der Waals surface area contributed by atoms with Gasteiger partial charge in [0.05, 0.1) is 12.2 Å². The fourth-order valence-electron chi connectivity index (χ4n) is 2.85. The van der Waals surface area contributed by atoms with E-state index in [1.54, 1.807) is 12.1 Å². The van der Waals surface area contributed by atoms with Crippen LogP contribution in [0.5, 0.6) is 5.75 Å². The lowest BCUT2D eigenvalue weighted by molar-refractivity contribution is 0.364. The smallest absolute Gasteiger partial charge is 0.140 e. The number of aromatic hydroxyl groups is 1. The predicted molar refractivity (Wildman–Crippen MR) is 80.3 cm³/mol. The molecule has 1 atom stereocenters. The van der Waals surface area contributed by atoms with Gasteiger partial charge in [-0.05, 0) is 43.5 Å². The lowest BCUT2D eigenvalue weighted by atomic mass is 9.99. The summed E-state index contributed by atoms with van der Waals surface area (Å²) in [6, 6.07) is 5.23. The Kier molecular flexibility index (Phi) is 3.49. The first kappa shape index (κ1) is 13.8. The number of rotatable bonds is 2. The van der Waals surface area contributed by atoms with Crippen LogP contribution in [0.1, 0.15) is 17.7 Å². The molecule has 1 aliphatic heterocycles. The summed E-state index contributed by atoms with van der Waals surface area (Å²) in [4.78, 5) is 10.6. The van der Waals surface area contributed by atoms with E-state index >= 15 is 0 Å². The van der Waals surface area contributed by atoms with E-state index in [1.807, 2.05) is 24.8 Å². The molecule has 2 aromatic rings. The number of phenols is 1. The molecule has 0 radical (unpaired) electrons. The Morgan fingerprint density at radius 1 is 1.29 bits per heavy atom. The first-order valence-electron chi connectivity index (χ1n) is 7.07. The summed E-state index contributed by atoms with van der Waals surface area (Å²) in [6.07, 6.45) is 1.26. The largest absolute Gasteiger partial charge is 0.508 e. The zero-order chi connectivity index (χ0) is 15.0. The van der Waals surface area contributed by atoms with Crippen molar-refractivity contribution >= 4 is 5.82 Å². The van der Waals surface area contributed by atoms with Crippen molar-refractivity contribution in [2.75, 3.05) is 18.0 Å². The number of anilines is 1. The molecule has 0 unspecified atom stereocenters. The average molecular weight is 287 g/mol. The average Bonchev–Trinajstić information content (AvgIpc) is 2.86. The van der Waals surface area contributed by atoms with Crippen LogP contribution < -0.4 is 4.90 Å². The highest BCUT2D eigenvalue weighted by molar-refractivity contribution is 5.80. The summed E-state index contributed by atoms with van der Waals surface area (Å²) >= 11 is 0. The Hall–Kier alpha value is -2.17. The minimum atomic E-state index is -0.797. The van der Waals surface area contributed by atoms with Gasteiger partial charge in [0.15, 0.2) is 0 Å². The van der Waals surface area contributed by atoms with Crippen LogP contribution in [0.4, 0.5) is 10.2 Å². The van der Waals surface area contributed by atoms with E-state index in [0.29, 0.717) is 19.5 Å². The lowest BCUT2D eigenvalue weighted by Crippen LogP contribution is -2.22. The second-order valence-electron chi connectivity index (χ2n) is 5.49. The Morgan fingerprint density at radius 2 is 2.10 bits per heavy atom. The van der Waals surface area contributed by atoms with Crippen LogP contribution in [-0.2, 0) is 0 Å². The maximum atomic E-state index is 13.5. The number of hydrogen-bond donors (Lipinski definition) is 1. The molecular weight excluding hydrogens is 269 g/mol. The third-order valence-corrected chi connectivity index (χ3v) is 3.93. The monoisotopic (exact) mass is 287 g/mol. The van der Waals surface area contributed by atoms with Gasteiger partial charge in [-0.2, -0.15) is 0 Å². The molecule has 0 amide bonds. The molecular formula is C16H18FN3O. The normalized spacial score (nSPS) is 18.2. The molecule has 1 aromatic carbocycles.